The first kappa shape index (κ1) is 25.0. The van der Waals surface area contributed by atoms with E-state index < -0.39 is 0 Å². The van der Waals surface area contributed by atoms with Gasteiger partial charge in [0.1, 0.15) is 17.5 Å². The summed E-state index contributed by atoms with van der Waals surface area (Å²) in [6.45, 7) is 5.62. The molecule has 2 saturated heterocycles. The topological polar surface area (TPSA) is 65.6 Å². The minimum Gasteiger partial charge on any atom is -0.381 e. The summed E-state index contributed by atoms with van der Waals surface area (Å²) >= 11 is 5.72. The van der Waals surface area contributed by atoms with Crippen LogP contribution in [-0.2, 0) is 23.2 Å². The fourth-order valence-electron chi connectivity index (χ4n) is 5.77. The molecule has 0 unspecified atom stereocenters. The summed E-state index contributed by atoms with van der Waals surface area (Å²) in [6.07, 6.45) is 4.03. The van der Waals surface area contributed by atoms with Crippen molar-refractivity contribution in [3.63, 3.8) is 0 Å². The van der Waals surface area contributed by atoms with Gasteiger partial charge in [0.25, 0.3) is 0 Å². The lowest BCUT2D eigenvalue weighted by Gasteiger charge is -2.38. The molecule has 4 heterocycles. The molecule has 2 N–H and O–H groups in total. The molecule has 7 nitrogen and oxygen atoms in total. The lowest BCUT2D eigenvalue weighted by atomic mass is 9.74. The van der Waals surface area contributed by atoms with Gasteiger partial charge in [-0.2, -0.15) is 9.97 Å². The predicted octanol–water partition coefficient (Wildman–Crippen LogP) is 4.77. The third-order valence-corrected chi connectivity index (χ3v) is 8.26. The molecule has 0 aliphatic carbocycles. The van der Waals surface area contributed by atoms with Crippen LogP contribution in [-0.4, -0.2) is 47.9 Å². The van der Waals surface area contributed by atoms with Crippen LogP contribution >= 0.6 is 12.2 Å². The van der Waals surface area contributed by atoms with E-state index in [9.17, 15) is 4.39 Å². The van der Waals surface area contributed by atoms with Crippen LogP contribution in [0.5, 0.6) is 0 Å². The summed E-state index contributed by atoms with van der Waals surface area (Å²) in [6, 6.07) is 17.5. The number of halogens is 1. The van der Waals surface area contributed by atoms with E-state index in [-0.39, 0.29) is 11.2 Å². The van der Waals surface area contributed by atoms with Gasteiger partial charge >= 0.3 is 0 Å². The maximum atomic E-state index is 13.6. The standard InChI is InChI=1S/C29H33FN6OS/c30-24-9-7-23(8-10-24)29(11-15-37-16-12-29)20-31-28(38)34-27-32-25(35-13-3-4-14-35)17-26(33-27)36-18-21-5-1-2-6-22(21)19-36/h1-2,5-10,17H,3-4,11-16,18-20H2,(H2,31,32,33,34,38). The Morgan fingerprint density at radius 2 is 1.55 bits per heavy atom. The summed E-state index contributed by atoms with van der Waals surface area (Å²) in [5.74, 6) is 2.10. The Morgan fingerprint density at radius 1 is 0.921 bits per heavy atom. The van der Waals surface area contributed by atoms with Crippen LogP contribution in [0.3, 0.4) is 0 Å². The molecule has 2 aromatic carbocycles. The van der Waals surface area contributed by atoms with Crippen molar-refractivity contribution in [3.8, 4) is 0 Å². The maximum Gasteiger partial charge on any atom is 0.232 e. The maximum absolute atomic E-state index is 13.6. The van der Waals surface area contributed by atoms with E-state index >= 15 is 0 Å². The monoisotopic (exact) mass is 532 g/mol. The van der Waals surface area contributed by atoms with E-state index in [1.807, 2.05) is 12.1 Å². The van der Waals surface area contributed by atoms with E-state index in [1.165, 1.54) is 36.1 Å². The van der Waals surface area contributed by atoms with Crippen LogP contribution in [0.1, 0.15) is 42.4 Å². The number of hydrogen-bond acceptors (Lipinski definition) is 6. The molecule has 0 saturated carbocycles. The van der Waals surface area contributed by atoms with E-state index in [4.69, 9.17) is 26.9 Å². The van der Waals surface area contributed by atoms with E-state index in [2.05, 4.69) is 50.8 Å². The molecule has 38 heavy (non-hydrogen) atoms. The van der Waals surface area contributed by atoms with Crippen LogP contribution in [0, 0.1) is 5.82 Å². The molecule has 3 aliphatic heterocycles. The smallest absolute Gasteiger partial charge is 0.232 e. The van der Waals surface area contributed by atoms with Gasteiger partial charge < -0.3 is 25.2 Å². The van der Waals surface area contributed by atoms with Crippen molar-refractivity contribution >= 4 is 34.9 Å². The predicted molar refractivity (Wildman–Crippen MR) is 152 cm³/mol. The Morgan fingerprint density at radius 3 is 2.21 bits per heavy atom. The van der Waals surface area contributed by atoms with Gasteiger partial charge in [-0.3, -0.25) is 0 Å². The van der Waals surface area contributed by atoms with Gasteiger partial charge in [0.15, 0.2) is 5.11 Å². The second-order valence-corrected chi connectivity index (χ2v) is 10.8. The number of rotatable bonds is 6. The highest BCUT2D eigenvalue weighted by Crippen LogP contribution is 2.35. The number of benzene rings is 2. The lowest BCUT2D eigenvalue weighted by molar-refractivity contribution is 0.0515. The number of nitrogens with zero attached hydrogens (tertiary/aromatic N) is 4. The van der Waals surface area contributed by atoms with Crippen molar-refractivity contribution in [3.05, 3.63) is 77.1 Å². The SMILES string of the molecule is Fc1ccc(C2(CNC(=S)Nc3nc(N4CCCC4)cc(N4Cc5ccccc5C4)n3)CCOCC2)cc1. The highest BCUT2D eigenvalue weighted by Gasteiger charge is 2.34. The second kappa shape index (κ2) is 10.8. The van der Waals surface area contributed by atoms with Crippen molar-refractivity contribution in [2.24, 2.45) is 0 Å². The summed E-state index contributed by atoms with van der Waals surface area (Å²) < 4.78 is 19.2. The van der Waals surface area contributed by atoms with Gasteiger partial charge in [0.05, 0.1) is 0 Å². The van der Waals surface area contributed by atoms with Gasteiger partial charge in [-0.05, 0) is 66.7 Å². The summed E-state index contributed by atoms with van der Waals surface area (Å²) in [5, 5.41) is 7.15. The molecule has 0 amide bonds. The number of anilines is 3. The highest BCUT2D eigenvalue weighted by molar-refractivity contribution is 7.80. The van der Waals surface area contributed by atoms with Gasteiger partial charge in [-0.15, -0.1) is 0 Å². The Hall–Kier alpha value is -3.30. The van der Waals surface area contributed by atoms with Crippen molar-refractivity contribution in [1.82, 2.24) is 15.3 Å². The third-order valence-electron chi connectivity index (χ3n) is 8.01. The largest absolute Gasteiger partial charge is 0.381 e. The Balaban J connectivity index is 1.19. The zero-order valence-electron chi connectivity index (χ0n) is 21.5. The van der Waals surface area contributed by atoms with Gasteiger partial charge in [0, 0.05) is 57.4 Å². The summed E-state index contributed by atoms with van der Waals surface area (Å²) in [7, 11) is 0. The molecule has 3 aliphatic rings. The molecule has 0 radical (unpaired) electrons. The van der Waals surface area contributed by atoms with Crippen molar-refractivity contribution in [1.29, 1.82) is 0 Å². The zero-order chi connectivity index (χ0) is 26.0. The average molecular weight is 533 g/mol. The molecule has 0 bridgehead atoms. The lowest BCUT2D eigenvalue weighted by Crippen LogP contribution is -2.45. The van der Waals surface area contributed by atoms with Crippen LogP contribution in [0.15, 0.2) is 54.6 Å². The molecule has 2 fully saturated rings. The minimum absolute atomic E-state index is 0.178. The van der Waals surface area contributed by atoms with E-state index in [0.29, 0.717) is 30.8 Å². The van der Waals surface area contributed by atoms with Crippen molar-refractivity contribution in [2.75, 3.05) is 48.0 Å². The summed E-state index contributed by atoms with van der Waals surface area (Å²) in [5.41, 5.74) is 3.59. The first-order valence-electron chi connectivity index (χ1n) is 13.4. The Bertz CT molecular complexity index is 1270. The normalized spacial score (nSPS) is 18.3. The number of hydrogen-bond donors (Lipinski definition) is 2. The fraction of sp³-hybridized carbons (Fsp3) is 0.414. The molecule has 0 atom stereocenters. The van der Waals surface area contributed by atoms with Gasteiger partial charge in [-0.1, -0.05) is 36.4 Å². The first-order chi connectivity index (χ1) is 18.6. The molecular weight excluding hydrogens is 499 g/mol. The third kappa shape index (κ3) is 5.31. The molecule has 6 rings (SSSR count). The molecule has 9 heteroatoms. The highest BCUT2D eigenvalue weighted by atomic mass is 32.1. The molecule has 198 valence electrons. The second-order valence-electron chi connectivity index (χ2n) is 10.4. The molecule has 3 aromatic rings. The molecule has 0 spiro atoms. The average Bonchev–Trinajstić information content (AvgIpc) is 3.63. The van der Waals surface area contributed by atoms with Crippen LogP contribution in [0.2, 0.25) is 0 Å². The van der Waals surface area contributed by atoms with E-state index in [0.717, 1.165) is 56.2 Å². The van der Waals surface area contributed by atoms with Crippen LogP contribution in [0.25, 0.3) is 0 Å². The number of fused-ring (bicyclic) bond motifs is 1. The van der Waals surface area contributed by atoms with Crippen molar-refractivity contribution < 1.29 is 9.13 Å². The molecule has 1 aromatic heterocycles. The zero-order valence-corrected chi connectivity index (χ0v) is 22.3. The number of ether oxygens (including phenoxy) is 1. The van der Waals surface area contributed by atoms with Crippen LogP contribution < -0.4 is 20.4 Å². The summed E-state index contributed by atoms with van der Waals surface area (Å²) in [4.78, 5) is 14.3. The first-order valence-corrected chi connectivity index (χ1v) is 13.8. The number of aromatic nitrogens is 2. The fourth-order valence-corrected chi connectivity index (χ4v) is 5.94. The Labute approximate surface area is 228 Å². The van der Waals surface area contributed by atoms with Gasteiger partial charge in [0.2, 0.25) is 5.95 Å². The number of thiocarbonyl (C=S) groups is 1. The van der Waals surface area contributed by atoms with E-state index in [1.54, 1.807) is 0 Å². The minimum atomic E-state index is -0.229. The van der Waals surface area contributed by atoms with Crippen LogP contribution in [0.4, 0.5) is 22.0 Å². The number of nitrogens with one attached hydrogen (secondary N) is 2. The quantitative estimate of drug-likeness (QED) is 0.440. The van der Waals surface area contributed by atoms with Gasteiger partial charge in [-0.25, -0.2) is 4.39 Å². The Kier molecular flexibility index (Phi) is 7.12. The van der Waals surface area contributed by atoms with Crippen molar-refractivity contribution in [2.45, 2.75) is 44.2 Å². The molecular formula is C29H33FN6OS.